The van der Waals surface area contributed by atoms with Crippen molar-refractivity contribution in [1.82, 2.24) is 9.78 Å². The van der Waals surface area contributed by atoms with E-state index in [2.05, 4.69) is 24.2 Å². The second kappa shape index (κ2) is 4.28. The first-order valence-corrected chi connectivity index (χ1v) is 5.17. The average molecular weight is 201 g/mol. The second-order valence-corrected chi connectivity index (χ2v) is 3.40. The summed E-state index contributed by atoms with van der Waals surface area (Å²) < 4.78 is 1.98. The quantitative estimate of drug-likeness (QED) is 0.825. The minimum Gasteiger partial charge on any atom is -0.326 e. The largest absolute Gasteiger partial charge is 0.326 e. The normalized spacial score (nSPS) is 10.5. The number of hydrogen-bond acceptors (Lipinski definition) is 2. The Hall–Kier alpha value is -1.61. The van der Waals surface area contributed by atoms with E-state index in [1.807, 2.05) is 29.1 Å². The van der Waals surface area contributed by atoms with Gasteiger partial charge in [-0.3, -0.25) is 4.68 Å². The third-order valence-corrected chi connectivity index (χ3v) is 2.48. The number of nitrogens with zero attached hydrogens (tertiary/aromatic N) is 2. The molecule has 2 rings (SSSR count). The van der Waals surface area contributed by atoms with Gasteiger partial charge in [-0.2, -0.15) is 5.10 Å². The van der Waals surface area contributed by atoms with Crippen molar-refractivity contribution in [2.24, 2.45) is 5.73 Å². The highest BCUT2D eigenvalue weighted by molar-refractivity contribution is 5.63. The first-order chi connectivity index (χ1) is 7.36. The van der Waals surface area contributed by atoms with E-state index in [9.17, 15) is 0 Å². The third kappa shape index (κ3) is 1.78. The highest BCUT2D eigenvalue weighted by Crippen LogP contribution is 2.22. The molecule has 3 nitrogen and oxygen atoms in total. The molecule has 0 fully saturated rings. The predicted molar refractivity (Wildman–Crippen MR) is 61.2 cm³/mol. The van der Waals surface area contributed by atoms with Gasteiger partial charge >= 0.3 is 0 Å². The smallest absolute Gasteiger partial charge is 0.0727 e. The Morgan fingerprint density at radius 3 is 2.60 bits per heavy atom. The van der Waals surface area contributed by atoms with Crippen molar-refractivity contribution in [1.29, 1.82) is 0 Å². The first-order valence-electron chi connectivity index (χ1n) is 5.17. The van der Waals surface area contributed by atoms with Crippen molar-refractivity contribution in [2.75, 3.05) is 0 Å². The lowest BCUT2D eigenvalue weighted by molar-refractivity contribution is 0.666. The van der Waals surface area contributed by atoms with Gasteiger partial charge < -0.3 is 5.73 Å². The van der Waals surface area contributed by atoms with Gasteiger partial charge in [0.15, 0.2) is 0 Å². The van der Waals surface area contributed by atoms with Crippen LogP contribution in [0, 0.1) is 0 Å². The monoisotopic (exact) mass is 201 g/mol. The fourth-order valence-electron chi connectivity index (χ4n) is 1.74. The van der Waals surface area contributed by atoms with E-state index >= 15 is 0 Å². The van der Waals surface area contributed by atoms with Crippen molar-refractivity contribution in [3.05, 3.63) is 42.1 Å². The standard InChI is InChI=1S/C12H15N3/c1-2-15-12(11(8-13)9-14-15)10-6-4-3-5-7-10/h3-7,9H,2,8,13H2,1H3. The topological polar surface area (TPSA) is 43.8 Å². The third-order valence-electron chi connectivity index (χ3n) is 2.48. The number of aromatic nitrogens is 2. The van der Waals surface area contributed by atoms with Gasteiger partial charge in [0.1, 0.15) is 0 Å². The van der Waals surface area contributed by atoms with Crippen LogP contribution in [-0.2, 0) is 13.1 Å². The van der Waals surface area contributed by atoms with Crippen LogP contribution in [0.5, 0.6) is 0 Å². The minimum absolute atomic E-state index is 0.532. The van der Waals surface area contributed by atoms with Crippen molar-refractivity contribution >= 4 is 0 Å². The summed E-state index contributed by atoms with van der Waals surface area (Å²) in [5.74, 6) is 0. The zero-order valence-electron chi connectivity index (χ0n) is 8.85. The zero-order valence-corrected chi connectivity index (χ0v) is 8.85. The Balaban J connectivity index is 2.55. The highest BCUT2D eigenvalue weighted by Gasteiger charge is 2.09. The maximum Gasteiger partial charge on any atom is 0.0727 e. The number of rotatable bonds is 3. The molecule has 0 bridgehead atoms. The van der Waals surface area contributed by atoms with E-state index in [1.165, 1.54) is 5.56 Å². The SMILES string of the molecule is CCn1ncc(CN)c1-c1ccccc1. The molecule has 0 aliphatic rings. The van der Waals surface area contributed by atoms with Gasteiger partial charge in [-0.05, 0) is 6.92 Å². The van der Waals surface area contributed by atoms with Crippen molar-refractivity contribution in [2.45, 2.75) is 20.0 Å². The van der Waals surface area contributed by atoms with Gasteiger partial charge in [0, 0.05) is 24.2 Å². The van der Waals surface area contributed by atoms with Crippen LogP contribution in [0.1, 0.15) is 12.5 Å². The van der Waals surface area contributed by atoms with E-state index in [0.29, 0.717) is 6.54 Å². The molecule has 0 unspecified atom stereocenters. The molecule has 0 aliphatic carbocycles. The summed E-state index contributed by atoms with van der Waals surface area (Å²) >= 11 is 0. The molecule has 1 aromatic heterocycles. The van der Waals surface area contributed by atoms with Crippen molar-refractivity contribution in [3.8, 4) is 11.3 Å². The number of nitrogens with two attached hydrogens (primary N) is 1. The Bertz CT molecular complexity index is 410. The fraction of sp³-hybridized carbons (Fsp3) is 0.250. The molecule has 15 heavy (non-hydrogen) atoms. The fourth-order valence-corrected chi connectivity index (χ4v) is 1.74. The van der Waals surface area contributed by atoms with E-state index in [1.54, 1.807) is 0 Å². The maximum absolute atomic E-state index is 5.70. The lowest BCUT2D eigenvalue weighted by Crippen LogP contribution is -2.02. The molecule has 0 aliphatic heterocycles. The molecule has 1 heterocycles. The molecule has 0 amide bonds. The summed E-state index contributed by atoms with van der Waals surface area (Å²) in [5, 5.41) is 4.32. The van der Waals surface area contributed by atoms with Crippen LogP contribution in [0.4, 0.5) is 0 Å². The molecule has 2 aromatic rings. The highest BCUT2D eigenvalue weighted by atomic mass is 15.3. The van der Waals surface area contributed by atoms with Gasteiger partial charge in [-0.1, -0.05) is 30.3 Å². The molecular weight excluding hydrogens is 186 g/mol. The summed E-state index contributed by atoms with van der Waals surface area (Å²) in [5.41, 5.74) is 9.12. The molecule has 2 N–H and O–H groups in total. The first kappa shape index (κ1) is 9.93. The van der Waals surface area contributed by atoms with Crippen LogP contribution in [0.15, 0.2) is 36.5 Å². The van der Waals surface area contributed by atoms with E-state index in [0.717, 1.165) is 17.8 Å². The predicted octanol–water partition coefficient (Wildman–Crippen LogP) is 2.03. The molecular formula is C12H15N3. The van der Waals surface area contributed by atoms with E-state index < -0.39 is 0 Å². The zero-order chi connectivity index (χ0) is 10.7. The van der Waals surface area contributed by atoms with Crippen molar-refractivity contribution in [3.63, 3.8) is 0 Å². The Morgan fingerprint density at radius 2 is 2.00 bits per heavy atom. The average Bonchev–Trinajstić information content (AvgIpc) is 2.72. The molecule has 3 heteroatoms. The second-order valence-electron chi connectivity index (χ2n) is 3.40. The van der Waals surface area contributed by atoms with Crippen LogP contribution < -0.4 is 5.73 Å². The molecule has 0 saturated carbocycles. The minimum atomic E-state index is 0.532. The van der Waals surface area contributed by atoms with Gasteiger partial charge in [0.2, 0.25) is 0 Å². The summed E-state index contributed by atoms with van der Waals surface area (Å²) in [4.78, 5) is 0. The van der Waals surface area contributed by atoms with Gasteiger partial charge in [-0.15, -0.1) is 0 Å². The Labute approximate surface area is 89.5 Å². The summed E-state index contributed by atoms with van der Waals surface area (Å²) in [6.07, 6.45) is 1.85. The van der Waals surface area contributed by atoms with Gasteiger partial charge in [0.05, 0.1) is 11.9 Å². The van der Waals surface area contributed by atoms with Crippen LogP contribution in [0.2, 0.25) is 0 Å². The van der Waals surface area contributed by atoms with E-state index in [-0.39, 0.29) is 0 Å². The molecule has 0 radical (unpaired) electrons. The number of aryl methyl sites for hydroxylation is 1. The van der Waals surface area contributed by atoms with Crippen molar-refractivity contribution < 1.29 is 0 Å². The molecule has 78 valence electrons. The van der Waals surface area contributed by atoms with Crippen LogP contribution >= 0.6 is 0 Å². The van der Waals surface area contributed by atoms with Crippen LogP contribution in [-0.4, -0.2) is 9.78 Å². The Morgan fingerprint density at radius 1 is 1.27 bits per heavy atom. The maximum atomic E-state index is 5.70. The Kier molecular flexibility index (Phi) is 2.83. The lowest BCUT2D eigenvalue weighted by atomic mass is 10.1. The summed E-state index contributed by atoms with van der Waals surface area (Å²) in [6, 6.07) is 10.2. The lowest BCUT2D eigenvalue weighted by Gasteiger charge is -2.06. The number of hydrogen-bond donors (Lipinski definition) is 1. The van der Waals surface area contributed by atoms with Crippen LogP contribution in [0.3, 0.4) is 0 Å². The summed E-state index contributed by atoms with van der Waals surface area (Å²) in [7, 11) is 0. The van der Waals surface area contributed by atoms with Gasteiger partial charge in [0.25, 0.3) is 0 Å². The molecule has 0 atom stereocenters. The van der Waals surface area contributed by atoms with E-state index in [4.69, 9.17) is 5.73 Å². The van der Waals surface area contributed by atoms with Gasteiger partial charge in [-0.25, -0.2) is 0 Å². The summed E-state index contributed by atoms with van der Waals surface area (Å²) in [6.45, 7) is 3.48. The van der Waals surface area contributed by atoms with Crippen LogP contribution in [0.25, 0.3) is 11.3 Å². The molecule has 0 saturated heterocycles. The molecule has 1 aromatic carbocycles. The number of benzene rings is 1. The molecule has 0 spiro atoms.